The number of nitrogens with two attached hydrogens (primary N) is 1. The number of benzene rings is 2. The number of ether oxygens (including phenoxy) is 1. The highest BCUT2D eigenvalue weighted by molar-refractivity contribution is 6.32. The van der Waals surface area contributed by atoms with Crippen LogP contribution in [0, 0.1) is 0 Å². The molecule has 2 aromatic carbocycles. The lowest BCUT2D eigenvalue weighted by Crippen LogP contribution is -2.05. The Hall–Kier alpha value is -3.32. The third-order valence-corrected chi connectivity index (χ3v) is 3.83. The molecule has 0 aliphatic heterocycles. The number of hydrogen-bond donors (Lipinski definition) is 3. The van der Waals surface area contributed by atoms with Gasteiger partial charge in [0.15, 0.2) is 0 Å². The highest BCUT2D eigenvalue weighted by Gasteiger charge is 2.09. The largest absolute Gasteiger partial charge is 0.487 e. The summed E-state index contributed by atoms with van der Waals surface area (Å²) in [5.74, 6) is 1.15. The van der Waals surface area contributed by atoms with E-state index in [-0.39, 0.29) is 5.82 Å². The fraction of sp³-hybridized carbons (Fsp3) is 0.0556. The van der Waals surface area contributed by atoms with Crippen molar-refractivity contribution in [2.24, 2.45) is 5.16 Å². The standard InChI is InChI=1S/C18H16ClN5O2/c19-15-8-13(24-18-14(9-23-25)17(20)21-11-22-18)6-7-16(15)26-10-12-4-2-1-3-5-12/h1-9,11,25H,10H2,(H3,20,21,22,24)/b23-9-. The lowest BCUT2D eigenvalue weighted by Gasteiger charge is -2.12. The van der Waals surface area contributed by atoms with Gasteiger partial charge in [-0.1, -0.05) is 47.1 Å². The van der Waals surface area contributed by atoms with Crippen LogP contribution in [0.3, 0.4) is 0 Å². The Labute approximate surface area is 155 Å². The van der Waals surface area contributed by atoms with Crippen molar-refractivity contribution in [1.82, 2.24) is 9.97 Å². The van der Waals surface area contributed by atoms with E-state index in [0.717, 1.165) is 11.8 Å². The van der Waals surface area contributed by atoms with E-state index in [0.29, 0.717) is 34.4 Å². The Bertz CT molecular complexity index is 919. The second-order valence-electron chi connectivity index (χ2n) is 5.31. The molecule has 0 amide bonds. The first-order valence-electron chi connectivity index (χ1n) is 7.68. The third kappa shape index (κ3) is 4.20. The fourth-order valence-electron chi connectivity index (χ4n) is 2.26. The van der Waals surface area contributed by atoms with Crippen LogP contribution in [0.25, 0.3) is 0 Å². The number of nitrogen functional groups attached to an aromatic ring is 1. The van der Waals surface area contributed by atoms with Gasteiger partial charge in [-0.2, -0.15) is 0 Å². The quantitative estimate of drug-likeness (QED) is 0.346. The Morgan fingerprint density at radius 3 is 2.73 bits per heavy atom. The van der Waals surface area contributed by atoms with Gasteiger partial charge in [-0.25, -0.2) is 9.97 Å². The van der Waals surface area contributed by atoms with Crippen molar-refractivity contribution in [1.29, 1.82) is 0 Å². The fourth-order valence-corrected chi connectivity index (χ4v) is 2.50. The van der Waals surface area contributed by atoms with Crippen molar-refractivity contribution in [3.63, 3.8) is 0 Å². The van der Waals surface area contributed by atoms with Gasteiger partial charge in [-0.15, -0.1) is 0 Å². The first kappa shape index (κ1) is 17.5. The summed E-state index contributed by atoms with van der Waals surface area (Å²) in [5.41, 5.74) is 7.87. The molecule has 0 radical (unpaired) electrons. The lowest BCUT2D eigenvalue weighted by atomic mass is 10.2. The normalized spacial score (nSPS) is 10.8. The van der Waals surface area contributed by atoms with Crippen LogP contribution in [0.2, 0.25) is 5.02 Å². The zero-order valence-corrected chi connectivity index (χ0v) is 14.4. The number of hydrogen-bond acceptors (Lipinski definition) is 7. The van der Waals surface area contributed by atoms with Crippen molar-refractivity contribution in [2.75, 3.05) is 11.1 Å². The first-order chi connectivity index (χ1) is 12.7. The van der Waals surface area contributed by atoms with Gasteiger partial charge in [0.2, 0.25) is 0 Å². The van der Waals surface area contributed by atoms with Crippen LogP contribution in [0.4, 0.5) is 17.3 Å². The molecule has 26 heavy (non-hydrogen) atoms. The zero-order valence-electron chi connectivity index (χ0n) is 13.6. The lowest BCUT2D eigenvalue weighted by molar-refractivity contribution is 0.306. The van der Waals surface area contributed by atoms with Crippen LogP contribution in [0.5, 0.6) is 5.75 Å². The van der Waals surface area contributed by atoms with Crippen LogP contribution in [0.15, 0.2) is 60.0 Å². The van der Waals surface area contributed by atoms with Gasteiger partial charge in [0, 0.05) is 5.69 Å². The van der Waals surface area contributed by atoms with Gasteiger partial charge in [0.1, 0.15) is 30.3 Å². The molecule has 132 valence electrons. The van der Waals surface area contributed by atoms with Gasteiger partial charge < -0.3 is 21.0 Å². The average Bonchev–Trinajstić information content (AvgIpc) is 2.65. The summed E-state index contributed by atoms with van der Waals surface area (Å²) in [5, 5.41) is 15.3. The molecule has 0 saturated carbocycles. The smallest absolute Gasteiger partial charge is 0.144 e. The van der Waals surface area contributed by atoms with Crippen molar-refractivity contribution >= 4 is 35.1 Å². The zero-order chi connectivity index (χ0) is 18.4. The van der Waals surface area contributed by atoms with Crippen molar-refractivity contribution < 1.29 is 9.94 Å². The summed E-state index contributed by atoms with van der Waals surface area (Å²) in [6, 6.07) is 15.1. The molecule has 0 aliphatic carbocycles. The predicted molar refractivity (Wildman–Crippen MR) is 101 cm³/mol. The minimum absolute atomic E-state index is 0.189. The van der Waals surface area contributed by atoms with E-state index in [2.05, 4.69) is 20.4 Å². The van der Waals surface area contributed by atoms with Crippen LogP contribution >= 0.6 is 11.6 Å². The summed E-state index contributed by atoms with van der Waals surface area (Å²) >= 11 is 6.31. The summed E-state index contributed by atoms with van der Waals surface area (Å²) in [7, 11) is 0. The maximum Gasteiger partial charge on any atom is 0.144 e. The first-order valence-corrected chi connectivity index (χ1v) is 8.06. The van der Waals surface area contributed by atoms with E-state index in [1.54, 1.807) is 18.2 Å². The minimum Gasteiger partial charge on any atom is -0.487 e. The predicted octanol–water partition coefficient (Wildman–Crippen LogP) is 3.84. The SMILES string of the molecule is Nc1ncnc(Nc2ccc(OCc3ccccc3)c(Cl)c2)c1/C=N\O. The molecular weight excluding hydrogens is 354 g/mol. The summed E-state index contributed by atoms with van der Waals surface area (Å²) in [6.45, 7) is 0.424. The van der Waals surface area contributed by atoms with Crippen LogP contribution in [-0.2, 0) is 6.61 Å². The Morgan fingerprint density at radius 2 is 2.00 bits per heavy atom. The van der Waals surface area contributed by atoms with Crippen molar-refractivity contribution in [3.05, 3.63) is 71.0 Å². The molecule has 0 atom stereocenters. The second-order valence-corrected chi connectivity index (χ2v) is 5.72. The number of oxime groups is 1. The number of nitrogens with one attached hydrogen (secondary N) is 1. The highest BCUT2D eigenvalue weighted by Crippen LogP contribution is 2.30. The van der Waals surface area contributed by atoms with Gasteiger partial charge >= 0.3 is 0 Å². The Balaban J connectivity index is 1.75. The van der Waals surface area contributed by atoms with Crippen LogP contribution < -0.4 is 15.8 Å². The van der Waals surface area contributed by atoms with E-state index in [9.17, 15) is 0 Å². The summed E-state index contributed by atoms with van der Waals surface area (Å²) in [4.78, 5) is 7.97. The minimum atomic E-state index is 0.189. The maximum absolute atomic E-state index is 8.76. The van der Waals surface area contributed by atoms with Crippen LogP contribution in [0.1, 0.15) is 11.1 Å². The maximum atomic E-state index is 8.76. The van der Waals surface area contributed by atoms with E-state index in [4.69, 9.17) is 27.3 Å². The molecule has 0 fully saturated rings. The number of nitrogens with zero attached hydrogens (tertiary/aromatic N) is 3. The number of aromatic nitrogens is 2. The molecule has 0 bridgehead atoms. The monoisotopic (exact) mass is 369 g/mol. The van der Waals surface area contributed by atoms with E-state index in [1.165, 1.54) is 6.33 Å². The molecule has 8 heteroatoms. The molecule has 0 aliphatic rings. The molecule has 3 rings (SSSR count). The third-order valence-electron chi connectivity index (χ3n) is 3.53. The Kier molecular flexibility index (Phi) is 5.50. The second kappa shape index (κ2) is 8.17. The summed E-state index contributed by atoms with van der Waals surface area (Å²) in [6.07, 6.45) is 2.47. The topological polar surface area (TPSA) is 106 Å². The molecular formula is C18H16ClN5O2. The molecule has 0 saturated heterocycles. The van der Waals surface area contributed by atoms with Crippen LogP contribution in [-0.4, -0.2) is 21.4 Å². The van der Waals surface area contributed by atoms with Gasteiger partial charge in [0.25, 0.3) is 0 Å². The van der Waals surface area contributed by atoms with Crippen molar-refractivity contribution in [3.8, 4) is 5.75 Å². The molecule has 7 nitrogen and oxygen atoms in total. The van der Waals surface area contributed by atoms with Gasteiger partial charge in [-0.3, -0.25) is 0 Å². The number of halogens is 1. The molecule has 1 aromatic heterocycles. The number of anilines is 3. The van der Waals surface area contributed by atoms with E-state index < -0.39 is 0 Å². The van der Waals surface area contributed by atoms with Gasteiger partial charge in [-0.05, 0) is 23.8 Å². The van der Waals surface area contributed by atoms with E-state index >= 15 is 0 Å². The molecule has 3 aromatic rings. The Morgan fingerprint density at radius 1 is 1.19 bits per heavy atom. The van der Waals surface area contributed by atoms with Gasteiger partial charge in [0.05, 0.1) is 16.8 Å². The molecule has 0 unspecified atom stereocenters. The molecule has 0 spiro atoms. The van der Waals surface area contributed by atoms with E-state index in [1.807, 2.05) is 30.3 Å². The number of rotatable bonds is 6. The van der Waals surface area contributed by atoms with Crippen molar-refractivity contribution in [2.45, 2.75) is 6.61 Å². The summed E-state index contributed by atoms with van der Waals surface area (Å²) < 4.78 is 5.75. The molecule has 1 heterocycles. The highest BCUT2D eigenvalue weighted by atomic mass is 35.5. The molecule has 4 N–H and O–H groups in total. The average molecular weight is 370 g/mol.